The SMILES string of the molecule is OC(PC(O)C(Cl)(Cl)Cl)C(Cl)(Cl)Cl. The van der Waals surface area contributed by atoms with Crippen molar-refractivity contribution >= 4 is 78.2 Å². The third-order valence-corrected chi connectivity index (χ3v) is 4.77. The number of alkyl halides is 6. The average Bonchev–Trinajstić information content (AvgIpc) is 1.82. The molecule has 0 amide bonds. The molecule has 2 N–H and O–H groups in total. The Bertz CT molecular complexity index is 147. The second kappa shape index (κ2) is 5.43. The Morgan fingerprint density at radius 1 is 0.769 bits per heavy atom. The molecule has 0 fully saturated rings. The highest BCUT2D eigenvalue weighted by Gasteiger charge is 2.38. The number of rotatable bonds is 2. The number of halogens is 6. The molecule has 0 saturated carbocycles. The van der Waals surface area contributed by atoms with Crippen molar-refractivity contribution in [2.45, 2.75) is 19.3 Å². The second-order valence-electron chi connectivity index (χ2n) is 2.05. The molecule has 9 heteroatoms. The van der Waals surface area contributed by atoms with Gasteiger partial charge in [0.15, 0.2) is 0 Å². The van der Waals surface area contributed by atoms with Gasteiger partial charge in [0.1, 0.15) is 11.7 Å². The van der Waals surface area contributed by atoms with Crippen LogP contribution >= 0.6 is 78.2 Å². The monoisotopic (exact) mass is 326 g/mol. The van der Waals surface area contributed by atoms with Crippen LogP contribution in [-0.2, 0) is 0 Å². The molecule has 80 valence electrons. The number of aliphatic hydroxyl groups is 2. The lowest BCUT2D eigenvalue weighted by Crippen LogP contribution is -2.28. The van der Waals surface area contributed by atoms with Crippen LogP contribution in [0.1, 0.15) is 0 Å². The zero-order valence-electron chi connectivity index (χ0n) is 5.82. The summed E-state index contributed by atoms with van der Waals surface area (Å²) in [7, 11) is -0.598. The van der Waals surface area contributed by atoms with Crippen LogP contribution in [0.2, 0.25) is 0 Å². The summed E-state index contributed by atoms with van der Waals surface area (Å²) in [4.78, 5) is 0. The van der Waals surface area contributed by atoms with Gasteiger partial charge in [-0.2, -0.15) is 0 Å². The summed E-state index contributed by atoms with van der Waals surface area (Å²) in [6, 6.07) is 0. The van der Waals surface area contributed by atoms with E-state index in [9.17, 15) is 10.2 Å². The van der Waals surface area contributed by atoms with E-state index >= 15 is 0 Å². The normalized spacial score (nSPS) is 19.4. The van der Waals surface area contributed by atoms with Crippen molar-refractivity contribution in [2.75, 3.05) is 0 Å². The number of aliphatic hydroxyl groups excluding tert-OH is 2. The lowest BCUT2D eigenvalue weighted by atomic mass is 10.8. The summed E-state index contributed by atoms with van der Waals surface area (Å²) < 4.78 is -3.79. The van der Waals surface area contributed by atoms with Gasteiger partial charge in [-0.05, 0) is 0 Å². The first-order valence-corrected chi connectivity index (χ1v) is 6.23. The number of hydrogen-bond acceptors (Lipinski definition) is 2. The predicted molar refractivity (Wildman–Crippen MR) is 60.9 cm³/mol. The van der Waals surface area contributed by atoms with Gasteiger partial charge in [0.05, 0.1) is 0 Å². The van der Waals surface area contributed by atoms with Crippen molar-refractivity contribution in [1.29, 1.82) is 0 Å². The third kappa shape index (κ3) is 6.29. The van der Waals surface area contributed by atoms with E-state index < -0.39 is 27.9 Å². The Kier molecular flexibility index (Phi) is 6.30. The molecule has 0 aliphatic heterocycles. The molecule has 2 atom stereocenters. The fourth-order valence-corrected chi connectivity index (χ4v) is 2.15. The Morgan fingerprint density at radius 3 is 1.15 bits per heavy atom. The molecule has 0 aromatic carbocycles. The minimum atomic E-state index is -1.89. The first-order valence-electron chi connectivity index (χ1n) is 2.80. The second-order valence-corrected chi connectivity index (χ2v) is 8.22. The van der Waals surface area contributed by atoms with E-state index in [0.717, 1.165) is 0 Å². The third-order valence-electron chi connectivity index (χ3n) is 0.936. The molecule has 0 aliphatic rings. The average molecular weight is 329 g/mol. The van der Waals surface area contributed by atoms with Crippen LogP contribution < -0.4 is 0 Å². The lowest BCUT2D eigenvalue weighted by Gasteiger charge is -2.25. The van der Waals surface area contributed by atoms with Crippen molar-refractivity contribution in [3.05, 3.63) is 0 Å². The molecule has 13 heavy (non-hydrogen) atoms. The highest BCUT2D eigenvalue weighted by Crippen LogP contribution is 2.46. The zero-order chi connectivity index (χ0) is 10.9. The highest BCUT2D eigenvalue weighted by atomic mass is 35.6. The van der Waals surface area contributed by atoms with Crippen LogP contribution in [-0.4, -0.2) is 29.5 Å². The predicted octanol–water partition coefficient (Wildman–Crippen LogP) is 3.04. The molecule has 0 saturated heterocycles. The van der Waals surface area contributed by atoms with Crippen molar-refractivity contribution in [3.63, 3.8) is 0 Å². The quantitative estimate of drug-likeness (QED) is 0.604. The smallest absolute Gasteiger partial charge is 0.219 e. The molecule has 2 nitrogen and oxygen atoms in total. The Balaban J connectivity index is 4.15. The largest absolute Gasteiger partial charge is 0.384 e. The maximum Gasteiger partial charge on any atom is 0.219 e. The standard InChI is InChI=1S/C4H5Cl6O2P/c5-3(6,7)1(11)13-2(12)4(8,9)10/h1-2,11-13H. The van der Waals surface area contributed by atoms with Gasteiger partial charge in [-0.15, -0.1) is 0 Å². The van der Waals surface area contributed by atoms with Gasteiger partial charge in [-0.1, -0.05) is 78.2 Å². The summed E-state index contributed by atoms with van der Waals surface area (Å²) >= 11 is 32.0. The minimum Gasteiger partial charge on any atom is -0.384 e. The van der Waals surface area contributed by atoms with E-state index in [0.29, 0.717) is 0 Å². The molecular weight excluding hydrogens is 324 g/mol. The maximum absolute atomic E-state index is 9.20. The number of hydrogen-bond donors (Lipinski definition) is 2. The van der Waals surface area contributed by atoms with Gasteiger partial charge in [-0.3, -0.25) is 0 Å². The highest BCUT2D eigenvalue weighted by molar-refractivity contribution is 7.40. The summed E-state index contributed by atoms with van der Waals surface area (Å²) in [6.45, 7) is 0. The van der Waals surface area contributed by atoms with Gasteiger partial charge < -0.3 is 10.2 Å². The first kappa shape index (κ1) is 15.1. The topological polar surface area (TPSA) is 40.5 Å². The molecule has 0 rings (SSSR count). The zero-order valence-corrected chi connectivity index (χ0v) is 11.4. The van der Waals surface area contributed by atoms with Crippen LogP contribution in [0.4, 0.5) is 0 Å². The molecule has 0 aromatic heterocycles. The molecule has 0 heterocycles. The first-order chi connectivity index (χ1) is 5.55. The molecule has 0 radical (unpaired) electrons. The summed E-state index contributed by atoms with van der Waals surface area (Å²) in [6.07, 6.45) is 0. The Hall–Kier alpha value is 2.09. The maximum atomic E-state index is 9.20. The molecule has 2 unspecified atom stereocenters. The van der Waals surface area contributed by atoms with Crippen LogP contribution in [0.3, 0.4) is 0 Å². The van der Waals surface area contributed by atoms with Gasteiger partial charge in [0.25, 0.3) is 0 Å². The van der Waals surface area contributed by atoms with Gasteiger partial charge in [0.2, 0.25) is 7.59 Å². The molecule has 0 aliphatic carbocycles. The summed E-state index contributed by atoms with van der Waals surface area (Å²) in [5.74, 6) is -2.74. The van der Waals surface area contributed by atoms with E-state index in [1.807, 2.05) is 0 Å². The van der Waals surface area contributed by atoms with E-state index in [4.69, 9.17) is 69.6 Å². The summed E-state index contributed by atoms with van der Waals surface area (Å²) in [5.41, 5.74) is 0. The van der Waals surface area contributed by atoms with Crippen LogP contribution in [0.5, 0.6) is 0 Å². The van der Waals surface area contributed by atoms with Crippen molar-refractivity contribution < 1.29 is 10.2 Å². The fraction of sp³-hybridized carbons (Fsp3) is 1.00. The molecular formula is C4H5Cl6O2P. The van der Waals surface area contributed by atoms with Crippen molar-refractivity contribution in [3.8, 4) is 0 Å². The summed E-state index contributed by atoms with van der Waals surface area (Å²) in [5, 5.41) is 18.4. The molecule has 0 spiro atoms. The fourth-order valence-electron chi connectivity index (χ4n) is 0.339. The minimum absolute atomic E-state index is 0.598. The van der Waals surface area contributed by atoms with Gasteiger partial charge in [0, 0.05) is 0 Å². The van der Waals surface area contributed by atoms with Gasteiger partial charge >= 0.3 is 0 Å². The van der Waals surface area contributed by atoms with Crippen molar-refractivity contribution in [1.82, 2.24) is 0 Å². The van der Waals surface area contributed by atoms with Crippen molar-refractivity contribution in [2.24, 2.45) is 0 Å². The lowest BCUT2D eigenvalue weighted by molar-refractivity contribution is 0.233. The van der Waals surface area contributed by atoms with E-state index in [-0.39, 0.29) is 0 Å². The van der Waals surface area contributed by atoms with Crippen LogP contribution in [0, 0.1) is 0 Å². The van der Waals surface area contributed by atoms with Gasteiger partial charge in [-0.25, -0.2) is 0 Å². The van der Waals surface area contributed by atoms with E-state index in [1.54, 1.807) is 0 Å². The van der Waals surface area contributed by atoms with E-state index in [1.165, 1.54) is 0 Å². The van der Waals surface area contributed by atoms with Crippen LogP contribution in [0.15, 0.2) is 0 Å². The Morgan fingerprint density at radius 2 is 1.00 bits per heavy atom. The molecule has 0 bridgehead atoms. The Labute approximate surface area is 107 Å². The molecule has 0 aromatic rings. The van der Waals surface area contributed by atoms with E-state index in [2.05, 4.69) is 0 Å². The van der Waals surface area contributed by atoms with Crippen LogP contribution in [0.25, 0.3) is 0 Å².